The largest absolute Gasteiger partial charge is 0.480 e. The molecule has 0 spiro atoms. The molecule has 0 fully saturated rings. The highest BCUT2D eigenvalue weighted by molar-refractivity contribution is 7.90. The number of benzene rings is 1. The van der Waals surface area contributed by atoms with Gasteiger partial charge in [0.15, 0.2) is 9.84 Å². The van der Waals surface area contributed by atoms with Crippen LogP contribution in [-0.4, -0.2) is 43.6 Å². The van der Waals surface area contributed by atoms with Gasteiger partial charge in [-0.15, -0.1) is 0 Å². The lowest BCUT2D eigenvalue weighted by atomic mass is 9.90. The zero-order chi connectivity index (χ0) is 20.8. The van der Waals surface area contributed by atoms with Crippen LogP contribution in [0.3, 0.4) is 0 Å². The lowest BCUT2D eigenvalue weighted by Gasteiger charge is -2.31. The quantitative estimate of drug-likeness (QED) is 0.573. The van der Waals surface area contributed by atoms with E-state index in [0.717, 1.165) is 12.7 Å². The zero-order valence-electron chi connectivity index (χ0n) is 15.9. The molecule has 0 heterocycles. The van der Waals surface area contributed by atoms with Crippen molar-refractivity contribution in [2.75, 3.05) is 6.26 Å². The third-order valence-electron chi connectivity index (χ3n) is 4.19. The lowest BCUT2D eigenvalue weighted by molar-refractivity contribution is -0.143. The first-order chi connectivity index (χ1) is 12.4. The van der Waals surface area contributed by atoms with Gasteiger partial charge in [-0.05, 0) is 31.0 Å². The molecule has 0 radical (unpaired) electrons. The maximum atomic E-state index is 12.9. The van der Waals surface area contributed by atoms with Gasteiger partial charge < -0.3 is 15.7 Å². The molecule has 2 amide bonds. The molecule has 0 bridgehead atoms. The number of carbonyl (C=O) groups excluding carboxylic acids is 2. The zero-order valence-corrected chi connectivity index (χ0v) is 16.7. The van der Waals surface area contributed by atoms with Gasteiger partial charge in [-0.2, -0.15) is 0 Å². The van der Waals surface area contributed by atoms with Crippen molar-refractivity contribution in [3.8, 4) is 0 Å². The lowest BCUT2D eigenvalue weighted by Crippen LogP contribution is -2.57. The van der Waals surface area contributed by atoms with Crippen LogP contribution in [0.4, 0.5) is 0 Å². The molecule has 1 rings (SSSR count). The summed E-state index contributed by atoms with van der Waals surface area (Å²) in [6.45, 7) is 4.59. The second-order valence-corrected chi connectivity index (χ2v) is 8.62. The van der Waals surface area contributed by atoms with E-state index in [2.05, 4.69) is 10.6 Å². The van der Waals surface area contributed by atoms with Crippen LogP contribution in [-0.2, 0) is 29.8 Å². The van der Waals surface area contributed by atoms with Gasteiger partial charge in [-0.3, -0.25) is 9.59 Å². The van der Waals surface area contributed by atoms with E-state index in [1.807, 2.05) is 6.92 Å². The molecule has 0 saturated carbocycles. The Balaban J connectivity index is 3.23. The first-order valence-electron chi connectivity index (χ1n) is 8.55. The molecule has 1 aromatic rings. The van der Waals surface area contributed by atoms with Gasteiger partial charge in [0.05, 0.1) is 4.90 Å². The first-order valence-corrected chi connectivity index (χ1v) is 10.4. The molecular formula is C18H26N2O6S. The average Bonchev–Trinajstić information content (AvgIpc) is 2.56. The van der Waals surface area contributed by atoms with Crippen LogP contribution in [0, 0.1) is 0 Å². The molecule has 0 aromatic heterocycles. The number of amides is 2. The maximum absolute atomic E-state index is 12.9. The van der Waals surface area contributed by atoms with Crippen molar-refractivity contribution in [1.29, 1.82) is 0 Å². The molecule has 1 aromatic carbocycles. The third-order valence-corrected chi connectivity index (χ3v) is 5.32. The van der Waals surface area contributed by atoms with Gasteiger partial charge in [-0.25, -0.2) is 13.2 Å². The molecule has 27 heavy (non-hydrogen) atoms. The molecule has 9 heteroatoms. The number of hydrogen-bond acceptors (Lipinski definition) is 5. The summed E-state index contributed by atoms with van der Waals surface area (Å²) in [7, 11) is -3.41. The van der Waals surface area contributed by atoms with Gasteiger partial charge in [-0.1, -0.05) is 31.9 Å². The Bertz CT molecular complexity index is 804. The van der Waals surface area contributed by atoms with Gasteiger partial charge in [0.1, 0.15) is 11.6 Å². The number of carbonyl (C=O) groups is 3. The van der Waals surface area contributed by atoms with Crippen LogP contribution >= 0.6 is 0 Å². The molecule has 0 saturated heterocycles. The van der Waals surface area contributed by atoms with Crippen LogP contribution in [0.1, 0.15) is 45.6 Å². The molecule has 2 unspecified atom stereocenters. The van der Waals surface area contributed by atoms with Crippen LogP contribution < -0.4 is 10.6 Å². The number of unbranched alkanes of at least 4 members (excludes halogenated alkanes) is 1. The summed E-state index contributed by atoms with van der Waals surface area (Å²) in [5, 5.41) is 14.3. The van der Waals surface area contributed by atoms with E-state index in [1.54, 1.807) is 0 Å². The van der Waals surface area contributed by atoms with E-state index in [1.165, 1.54) is 38.1 Å². The Morgan fingerprint density at radius 1 is 1.19 bits per heavy atom. The summed E-state index contributed by atoms with van der Waals surface area (Å²) in [4.78, 5) is 36.0. The molecular weight excluding hydrogens is 372 g/mol. The predicted octanol–water partition coefficient (Wildman–Crippen LogP) is 1.20. The van der Waals surface area contributed by atoms with E-state index in [9.17, 15) is 27.9 Å². The van der Waals surface area contributed by atoms with Crippen molar-refractivity contribution in [3.63, 3.8) is 0 Å². The standard InChI is InChI=1S/C18H26N2O6S/c1-5-6-7-15(16(22)23)19-17(24)18(3,20-12(2)21)13-8-10-14(11-9-13)27(4,25)26/h8-11,15H,5-7H2,1-4H3,(H,19,24)(H,20,21)(H,22,23). The van der Waals surface area contributed by atoms with Crippen LogP contribution in [0.2, 0.25) is 0 Å². The number of rotatable bonds is 9. The SMILES string of the molecule is CCCCC(NC(=O)C(C)(NC(C)=O)c1ccc(S(C)(=O)=O)cc1)C(=O)O. The van der Waals surface area contributed by atoms with Crippen molar-refractivity contribution in [3.05, 3.63) is 29.8 Å². The third kappa shape index (κ3) is 6.06. The number of carboxylic acids is 1. The average molecular weight is 398 g/mol. The van der Waals surface area contributed by atoms with Gasteiger partial charge in [0, 0.05) is 13.2 Å². The molecule has 0 aliphatic heterocycles. The molecule has 8 nitrogen and oxygen atoms in total. The summed E-state index contributed by atoms with van der Waals surface area (Å²) in [6, 6.07) is 4.44. The Kier molecular flexibility index (Phi) is 7.53. The predicted molar refractivity (Wildman–Crippen MR) is 99.8 cm³/mol. The maximum Gasteiger partial charge on any atom is 0.326 e. The topological polar surface area (TPSA) is 130 Å². The van der Waals surface area contributed by atoms with Crippen molar-refractivity contribution in [1.82, 2.24) is 10.6 Å². The van der Waals surface area contributed by atoms with Crippen molar-refractivity contribution in [2.24, 2.45) is 0 Å². The fourth-order valence-corrected chi connectivity index (χ4v) is 3.25. The summed E-state index contributed by atoms with van der Waals surface area (Å²) >= 11 is 0. The monoisotopic (exact) mass is 398 g/mol. The van der Waals surface area contributed by atoms with Crippen LogP contribution in [0.25, 0.3) is 0 Å². The Morgan fingerprint density at radius 3 is 2.15 bits per heavy atom. The van der Waals surface area contributed by atoms with E-state index >= 15 is 0 Å². The normalized spacial score (nSPS) is 14.7. The Labute approximate surface area is 159 Å². The number of nitrogens with one attached hydrogen (secondary N) is 2. The highest BCUT2D eigenvalue weighted by Crippen LogP contribution is 2.23. The van der Waals surface area contributed by atoms with E-state index in [-0.39, 0.29) is 11.3 Å². The highest BCUT2D eigenvalue weighted by atomic mass is 32.2. The molecule has 150 valence electrons. The number of hydrogen-bond donors (Lipinski definition) is 3. The molecule has 3 N–H and O–H groups in total. The second-order valence-electron chi connectivity index (χ2n) is 6.61. The number of aliphatic carboxylic acids is 1. The minimum atomic E-state index is -3.41. The van der Waals surface area contributed by atoms with Crippen molar-refractivity contribution in [2.45, 2.75) is 56.5 Å². The van der Waals surface area contributed by atoms with Crippen LogP contribution in [0.15, 0.2) is 29.2 Å². The minimum absolute atomic E-state index is 0.0724. The molecule has 2 atom stereocenters. The number of carboxylic acid groups (broad SMARTS) is 1. The van der Waals surface area contributed by atoms with Gasteiger partial charge in [0.25, 0.3) is 5.91 Å². The summed E-state index contributed by atoms with van der Waals surface area (Å²) in [6.07, 6.45) is 2.72. The summed E-state index contributed by atoms with van der Waals surface area (Å²) < 4.78 is 23.2. The smallest absolute Gasteiger partial charge is 0.326 e. The first kappa shape index (κ1) is 22.6. The number of sulfone groups is 1. The summed E-state index contributed by atoms with van der Waals surface area (Å²) in [5.41, 5.74) is -1.22. The van der Waals surface area contributed by atoms with Gasteiger partial charge >= 0.3 is 5.97 Å². The van der Waals surface area contributed by atoms with Crippen LogP contribution in [0.5, 0.6) is 0 Å². The van der Waals surface area contributed by atoms with Crippen molar-refractivity contribution >= 4 is 27.6 Å². The Morgan fingerprint density at radius 2 is 1.74 bits per heavy atom. The molecule has 0 aliphatic carbocycles. The van der Waals surface area contributed by atoms with E-state index in [0.29, 0.717) is 12.0 Å². The van der Waals surface area contributed by atoms with E-state index < -0.39 is 39.2 Å². The molecule has 0 aliphatic rings. The highest BCUT2D eigenvalue weighted by Gasteiger charge is 2.38. The second kappa shape index (κ2) is 8.98. The van der Waals surface area contributed by atoms with Crippen molar-refractivity contribution < 1.29 is 27.9 Å². The van der Waals surface area contributed by atoms with Gasteiger partial charge in [0.2, 0.25) is 5.91 Å². The van der Waals surface area contributed by atoms with E-state index in [4.69, 9.17) is 0 Å². The Hall–Kier alpha value is -2.42. The minimum Gasteiger partial charge on any atom is -0.480 e. The fourth-order valence-electron chi connectivity index (χ4n) is 2.62. The fraction of sp³-hybridized carbons (Fsp3) is 0.500. The summed E-state index contributed by atoms with van der Waals surface area (Å²) in [5.74, 6) is -2.33.